The number of hydrogen-bond donors (Lipinski definition) is 2. The minimum Gasteiger partial charge on any atom is -0.494 e. The number of nitrogens with one attached hydrogen (secondary N) is 2. The van der Waals surface area contributed by atoms with Gasteiger partial charge in [-0.05, 0) is 245 Å². The number of carbonyl (C=O) groups is 4. The Morgan fingerprint density at radius 1 is 0.367 bits per heavy atom. The standard InChI is InChI=1S/C78H72N6O12S2/c1-3-71(85)93-45-19-9-7-15-41-89-53-29-25-51(26-30-53)75(87)95-57-35-39-61-59-37-33-55(47-63(59)73(65(61)49-57)81-83-77-79-67-21-11-13-23-69(67)97-77)91-43-17-5-6-18-44-92-56-34-38-60-62-40-36-58(50-66(62)74(64(60)48-56)82-84-78-80-68-22-12-14-24-70(68)98-78)96-76(88)52-27-31-54(32-28-52)90-42-16-8-10-20-46-94-72(86)4-2/h3-4,11-14,21-40,47-50H,1-2,5-10,15-20,41-46H2,(H,79,83)(H,80,84)/b81-73-,82-74+. The number of nitrogens with zero attached hydrogens (tertiary/aromatic N) is 4. The highest BCUT2D eigenvalue weighted by molar-refractivity contribution is 7.22. The van der Waals surface area contributed by atoms with E-state index in [-0.39, 0.29) is 0 Å². The molecule has 0 amide bonds. The highest BCUT2D eigenvalue weighted by Gasteiger charge is 2.29. The van der Waals surface area contributed by atoms with Gasteiger partial charge in [-0.3, -0.25) is 10.9 Å². The van der Waals surface area contributed by atoms with Crippen molar-refractivity contribution < 1.29 is 57.1 Å². The predicted molar refractivity (Wildman–Crippen MR) is 384 cm³/mol. The Hall–Kier alpha value is -11.0. The van der Waals surface area contributed by atoms with Gasteiger partial charge in [0.25, 0.3) is 0 Å². The van der Waals surface area contributed by atoms with Crippen LogP contribution in [0.25, 0.3) is 42.7 Å². The molecule has 0 radical (unpaired) electrons. The number of fused-ring (bicyclic) bond motifs is 8. The predicted octanol–water partition coefficient (Wildman–Crippen LogP) is 17.4. The van der Waals surface area contributed by atoms with E-state index in [1.807, 2.05) is 109 Å². The summed E-state index contributed by atoms with van der Waals surface area (Å²) in [6.45, 7) is 9.64. The molecule has 498 valence electrons. The van der Waals surface area contributed by atoms with Crippen molar-refractivity contribution in [3.63, 3.8) is 0 Å². The second kappa shape index (κ2) is 33.1. The fraction of sp³-hybridized carbons (Fsp3) is 0.231. The molecule has 98 heavy (non-hydrogen) atoms. The second-order valence-corrected chi connectivity index (χ2v) is 25.2. The maximum Gasteiger partial charge on any atom is 0.343 e. The zero-order valence-corrected chi connectivity index (χ0v) is 55.6. The Morgan fingerprint density at radius 3 is 1.04 bits per heavy atom. The molecule has 8 aromatic carbocycles. The van der Waals surface area contributed by atoms with Crippen LogP contribution in [0.1, 0.15) is 120 Å². The number of ether oxygens (including phenoxy) is 8. The van der Waals surface area contributed by atoms with E-state index in [1.54, 1.807) is 60.7 Å². The maximum absolute atomic E-state index is 13.5. The molecule has 0 saturated heterocycles. The molecule has 0 fully saturated rings. The Morgan fingerprint density at radius 2 is 0.684 bits per heavy atom. The van der Waals surface area contributed by atoms with Crippen LogP contribution in [0.5, 0.6) is 34.5 Å². The van der Waals surface area contributed by atoms with Crippen LogP contribution in [-0.2, 0) is 19.1 Å². The van der Waals surface area contributed by atoms with Gasteiger partial charge in [0.15, 0.2) is 0 Å². The van der Waals surface area contributed by atoms with Gasteiger partial charge in [-0.15, -0.1) is 0 Å². The number of aromatic nitrogens is 2. The van der Waals surface area contributed by atoms with E-state index in [1.165, 1.54) is 22.7 Å². The Balaban J connectivity index is 0.633. The summed E-state index contributed by atoms with van der Waals surface area (Å²) >= 11 is 3.02. The van der Waals surface area contributed by atoms with Crippen LogP contribution in [0.15, 0.2) is 205 Å². The number of hydrazone groups is 2. The molecule has 0 aliphatic heterocycles. The minimum atomic E-state index is -0.504. The third-order valence-corrected chi connectivity index (χ3v) is 18.2. The van der Waals surface area contributed by atoms with Crippen molar-refractivity contribution in [3.8, 4) is 56.8 Å². The number of carbonyl (C=O) groups excluding carboxylic acids is 4. The van der Waals surface area contributed by atoms with Crippen LogP contribution >= 0.6 is 22.7 Å². The molecular formula is C78H72N6O12S2. The second-order valence-electron chi connectivity index (χ2n) is 23.2. The molecule has 2 N–H and O–H groups in total. The first-order chi connectivity index (χ1) is 48.1. The molecule has 2 aromatic heterocycles. The van der Waals surface area contributed by atoms with Crippen molar-refractivity contribution in [2.45, 2.75) is 77.0 Å². The summed E-state index contributed by atoms with van der Waals surface area (Å²) in [6.07, 6.45) is 12.8. The van der Waals surface area contributed by atoms with Crippen molar-refractivity contribution in [2.75, 3.05) is 50.5 Å². The van der Waals surface area contributed by atoms with Gasteiger partial charge < -0.3 is 37.9 Å². The smallest absolute Gasteiger partial charge is 0.343 e. The molecule has 2 aliphatic rings. The van der Waals surface area contributed by atoms with Crippen LogP contribution in [0, 0.1) is 0 Å². The number of unbranched alkanes of at least 4 members (excludes halogenated alkanes) is 9. The minimum absolute atomic E-state index is 0.371. The Bertz CT molecular complexity index is 4230. The van der Waals surface area contributed by atoms with Gasteiger partial charge in [0.1, 0.15) is 34.5 Å². The third-order valence-electron chi connectivity index (χ3n) is 16.3. The normalized spacial score (nSPS) is 12.5. The van der Waals surface area contributed by atoms with E-state index >= 15 is 0 Å². The Kier molecular flexibility index (Phi) is 22.7. The summed E-state index contributed by atoms with van der Waals surface area (Å²) in [5.74, 6) is 1.64. The van der Waals surface area contributed by atoms with Gasteiger partial charge >= 0.3 is 23.9 Å². The van der Waals surface area contributed by atoms with Crippen molar-refractivity contribution in [1.82, 2.24) is 9.97 Å². The molecule has 2 aliphatic carbocycles. The first-order valence-corrected chi connectivity index (χ1v) is 34.5. The number of esters is 4. The average Bonchev–Trinajstić information content (AvgIpc) is 1.61. The van der Waals surface area contributed by atoms with Crippen LogP contribution in [-0.4, -0.2) is 84.9 Å². The fourth-order valence-electron chi connectivity index (χ4n) is 11.3. The summed E-state index contributed by atoms with van der Waals surface area (Å²) in [6, 6.07) is 52.9. The number of thiazole rings is 2. The van der Waals surface area contributed by atoms with Gasteiger partial charge in [0.2, 0.25) is 10.3 Å². The molecule has 0 spiro atoms. The van der Waals surface area contributed by atoms with Crippen molar-refractivity contribution in [2.24, 2.45) is 10.2 Å². The van der Waals surface area contributed by atoms with E-state index in [0.717, 1.165) is 154 Å². The van der Waals surface area contributed by atoms with Crippen molar-refractivity contribution >= 4 is 88.7 Å². The molecule has 20 heteroatoms. The maximum atomic E-state index is 13.5. The number of para-hydroxylation sites is 2. The first kappa shape index (κ1) is 67.0. The van der Waals surface area contributed by atoms with Crippen LogP contribution in [0.3, 0.4) is 0 Å². The lowest BCUT2D eigenvalue weighted by atomic mass is 10.1. The highest BCUT2D eigenvalue weighted by atomic mass is 32.1. The van der Waals surface area contributed by atoms with E-state index in [4.69, 9.17) is 58.1 Å². The van der Waals surface area contributed by atoms with E-state index in [9.17, 15) is 19.2 Å². The monoisotopic (exact) mass is 1350 g/mol. The lowest BCUT2D eigenvalue weighted by Crippen LogP contribution is -2.09. The number of anilines is 2. The third kappa shape index (κ3) is 17.4. The van der Waals surface area contributed by atoms with E-state index in [2.05, 4.69) is 24.0 Å². The van der Waals surface area contributed by atoms with Gasteiger partial charge in [-0.1, -0.05) is 60.1 Å². The molecule has 0 saturated carbocycles. The molecule has 0 unspecified atom stereocenters. The zero-order chi connectivity index (χ0) is 67.4. The SMILES string of the molecule is C=CC(=O)OCCCCCCOc1ccc(C(=O)Oc2ccc3c(c2)/C(=N\Nc2nc4ccccc4s2)c2cc(OCCCCCCOc4ccc5c(c4)/C(=N\Nc4nc6ccccc6s4)c4cc(OC(=O)c6ccc(OCCCCCCOC(=O)C=C)cc6)ccc4-5)ccc2-3)cc1. The average molecular weight is 1350 g/mol. The number of hydrogen-bond acceptors (Lipinski definition) is 20. The first-order valence-electron chi connectivity index (χ1n) is 32.8. The summed E-state index contributed by atoms with van der Waals surface area (Å²) in [7, 11) is 0. The van der Waals surface area contributed by atoms with Crippen LogP contribution in [0.2, 0.25) is 0 Å². The van der Waals surface area contributed by atoms with Gasteiger partial charge in [-0.2, -0.15) is 10.2 Å². The summed E-state index contributed by atoms with van der Waals surface area (Å²) in [4.78, 5) is 59.0. The fourth-order valence-corrected chi connectivity index (χ4v) is 12.9. The van der Waals surface area contributed by atoms with Gasteiger partial charge in [-0.25, -0.2) is 29.1 Å². The van der Waals surface area contributed by atoms with E-state index < -0.39 is 23.9 Å². The number of rotatable bonds is 35. The van der Waals surface area contributed by atoms with Gasteiger partial charge in [0.05, 0.1) is 82.6 Å². The molecule has 0 bridgehead atoms. The summed E-state index contributed by atoms with van der Waals surface area (Å²) in [5, 5.41) is 11.2. The quantitative estimate of drug-likeness (QED) is 0.0124. The molecule has 10 aromatic rings. The van der Waals surface area contributed by atoms with Crippen LogP contribution in [0.4, 0.5) is 10.3 Å². The lowest BCUT2D eigenvalue weighted by Gasteiger charge is -2.10. The molecule has 18 nitrogen and oxygen atoms in total. The molecule has 0 atom stereocenters. The molecule has 2 heterocycles. The van der Waals surface area contributed by atoms with Gasteiger partial charge in [0, 0.05) is 34.4 Å². The lowest BCUT2D eigenvalue weighted by molar-refractivity contribution is -0.138. The van der Waals surface area contributed by atoms with Crippen molar-refractivity contribution in [3.05, 3.63) is 229 Å². The summed E-state index contributed by atoms with van der Waals surface area (Å²) in [5.41, 5.74) is 17.4. The Labute approximate surface area is 575 Å². The van der Waals surface area contributed by atoms with Crippen molar-refractivity contribution in [1.29, 1.82) is 0 Å². The highest BCUT2D eigenvalue weighted by Crippen LogP contribution is 2.43. The molecule has 12 rings (SSSR count). The molecular weight excluding hydrogens is 1280 g/mol. The largest absolute Gasteiger partial charge is 0.494 e. The zero-order valence-electron chi connectivity index (χ0n) is 54.0. The van der Waals surface area contributed by atoms with Crippen LogP contribution < -0.4 is 39.3 Å². The summed E-state index contributed by atoms with van der Waals surface area (Å²) < 4.78 is 48.7. The number of benzene rings is 8. The topological polar surface area (TPSA) is 217 Å². The van der Waals surface area contributed by atoms with E-state index in [0.29, 0.717) is 107 Å².